The zero-order valence-electron chi connectivity index (χ0n) is 12.8. The lowest BCUT2D eigenvalue weighted by atomic mass is 10.1. The van der Waals surface area contributed by atoms with Gasteiger partial charge in [-0.3, -0.25) is 4.31 Å². The second-order valence-electron chi connectivity index (χ2n) is 5.47. The summed E-state index contributed by atoms with van der Waals surface area (Å²) in [5, 5.41) is 10.2. The Morgan fingerprint density at radius 3 is 2.52 bits per heavy atom. The summed E-state index contributed by atoms with van der Waals surface area (Å²) < 4.78 is 27.5. The molecule has 1 heterocycles. The summed E-state index contributed by atoms with van der Waals surface area (Å²) in [6.45, 7) is 0.376. The van der Waals surface area contributed by atoms with Gasteiger partial charge >= 0.3 is 0 Å². The second-order valence-corrected chi connectivity index (χ2v) is 8.21. The monoisotopic (exact) mass is 349 g/mol. The molecular formula is C17H19NO3S2. The number of para-hydroxylation sites is 1. The Kier molecular flexibility index (Phi) is 4.66. The summed E-state index contributed by atoms with van der Waals surface area (Å²) in [5.74, 6) is 0. The highest BCUT2D eigenvalue weighted by Gasteiger charge is 2.30. The van der Waals surface area contributed by atoms with Crippen LogP contribution in [0.4, 0.5) is 5.69 Å². The van der Waals surface area contributed by atoms with Gasteiger partial charge in [-0.25, -0.2) is 8.42 Å². The van der Waals surface area contributed by atoms with Crippen molar-refractivity contribution in [1.82, 2.24) is 0 Å². The maximum absolute atomic E-state index is 13.0. The van der Waals surface area contributed by atoms with Crippen molar-refractivity contribution in [3.8, 4) is 0 Å². The van der Waals surface area contributed by atoms with E-state index < -0.39 is 16.1 Å². The Morgan fingerprint density at radius 2 is 1.83 bits per heavy atom. The van der Waals surface area contributed by atoms with Gasteiger partial charge in [-0.15, -0.1) is 11.8 Å². The molecule has 0 saturated heterocycles. The molecule has 0 saturated carbocycles. The third-order valence-electron chi connectivity index (χ3n) is 4.05. The van der Waals surface area contributed by atoms with Crippen LogP contribution in [0.25, 0.3) is 0 Å². The quantitative estimate of drug-likeness (QED) is 0.863. The van der Waals surface area contributed by atoms with E-state index in [0.717, 1.165) is 4.90 Å². The minimum Gasteiger partial charge on any atom is -0.388 e. The van der Waals surface area contributed by atoms with Crippen LogP contribution in [0.3, 0.4) is 0 Å². The molecule has 122 valence electrons. The van der Waals surface area contributed by atoms with Crippen LogP contribution < -0.4 is 4.31 Å². The van der Waals surface area contributed by atoms with Gasteiger partial charge in [0.05, 0.1) is 16.7 Å². The van der Waals surface area contributed by atoms with E-state index in [9.17, 15) is 13.5 Å². The van der Waals surface area contributed by atoms with Crippen molar-refractivity contribution in [2.24, 2.45) is 0 Å². The third kappa shape index (κ3) is 3.11. The van der Waals surface area contributed by atoms with Crippen molar-refractivity contribution >= 4 is 27.5 Å². The highest BCUT2D eigenvalue weighted by molar-refractivity contribution is 7.98. The van der Waals surface area contributed by atoms with Crippen molar-refractivity contribution in [2.75, 3.05) is 17.1 Å². The van der Waals surface area contributed by atoms with E-state index in [-0.39, 0.29) is 4.90 Å². The lowest BCUT2D eigenvalue weighted by molar-refractivity contribution is 0.168. The highest BCUT2D eigenvalue weighted by Crippen LogP contribution is 2.36. The molecule has 1 atom stereocenters. The van der Waals surface area contributed by atoms with Crippen LogP contribution in [-0.2, 0) is 10.0 Å². The van der Waals surface area contributed by atoms with Crippen molar-refractivity contribution in [3.05, 3.63) is 54.1 Å². The Hall–Kier alpha value is -1.50. The van der Waals surface area contributed by atoms with Crippen LogP contribution >= 0.6 is 11.8 Å². The third-order valence-corrected chi connectivity index (χ3v) is 6.62. The number of rotatable bonds is 3. The smallest absolute Gasteiger partial charge is 0.264 e. The summed E-state index contributed by atoms with van der Waals surface area (Å²) >= 11 is 1.57. The highest BCUT2D eigenvalue weighted by atomic mass is 32.2. The zero-order valence-corrected chi connectivity index (χ0v) is 14.5. The lowest BCUT2D eigenvalue weighted by Gasteiger charge is -2.25. The van der Waals surface area contributed by atoms with Crippen molar-refractivity contribution in [3.63, 3.8) is 0 Å². The van der Waals surface area contributed by atoms with Crippen LogP contribution in [0.5, 0.6) is 0 Å². The van der Waals surface area contributed by atoms with Gasteiger partial charge in [-0.1, -0.05) is 18.2 Å². The van der Waals surface area contributed by atoms with Gasteiger partial charge in [0, 0.05) is 17.0 Å². The van der Waals surface area contributed by atoms with Gasteiger partial charge in [0.1, 0.15) is 0 Å². The van der Waals surface area contributed by atoms with E-state index in [2.05, 4.69) is 0 Å². The van der Waals surface area contributed by atoms with Gasteiger partial charge in [0.15, 0.2) is 0 Å². The molecule has 0 amide bonds. The fourth-order valence-electron chi connectivity index (χ4n) is 2.83. The number of aliphatic hydroxyl groups is 1. The number of aliphatic hydroxyl groups excluding tert-OH is 1. The molecule has 0 radical (unpaired) electrons. The number of anilines is 1. The molecule has 0 fully saturated rings. The predicted molar refractivity (Wildman–Crippen MR) is 93.4 cm³/mol. The molecule has 1 aliphatic rings. The minimum atomic E-state index is -3.63. The average molecular weight is 349 g/mol. The largest absolute Gasteiger partial charge is 0.388 e. The fourth-order valence-corrected chi connectivity index (χ4v) is 4.76. The maximum Gasteiger partial charge on any atom is 0.264 e. The SMILES string of the molecule is CSc1ccc(S(=O)(=O)N2CCC[C@H](O)c3ccccc32)cc1. The molecule has 4 nitrogen and oxygen atoms in total. The predicted octanol–water partition coefficient (Wildman–Crippen LogP) is 3.43. The van der Waals surface area contributed by atoms with E-state index in [1.165, 1.54) is 4.31 Å². The fraction of sp³-hybridized carbons (Fsp3) is 0.294. The summed E-state index contributed by atoms with van der Waals surface area (Å²) in [7, 11) is -3.63. The van der Waals surface area contributed by atoms with E-state index in [0.29, 0.717) is 30.6 Å². The first-order valence-corrected chi connectivity index (χ1v) is 10.1. The van der Waals surface area contributed by atoms with Crippen molar-refractivity contribution in [2.45, 2.75) is 28.7 Å². The molecular weight excluding hydrogens is 330 g/mol. The number of hydrogen-bond acceptors (Lipinski definition) is 4. The normalized spacial score (nSPS) is 18.3. The van der Waals surface area contributed by atoms with E-state index in [1.54, 1.807) is 42.1 Å². The maximum atomic E-state index is 13.0. The summed E-state index contributed by atoms with van der Waals surface area (Å²) in [5.41, 5.74) is 1.25. The first-order chi connectivity index (χ1) is 11.0. The topological polar surface area (TPSA) is 57.6 Å². The first kappa shape index (κ1) is 16.4. The number of nitrogens with zero attached hydrogens (tertiary/aromatic N) is 1. The molecule has 2 aromatic rings. The Balaban J connectivity index is 2.06. The number of thioether (sulfide) groups is 1. The lowest BCUT2D eigenvalue weighted by Crippen LogP contribution is -2.31. The number of fused-ring (bicyclic) bond motifs is 1. The standard InChI is InChI=1S/C17H19NO3S2/c1-22-13-8-10-14(11-9-13)23(20,21)18-12-4-7-17(19)15-5-2-3-6-16(15)18/h2-3,5-6,8-11,17,19H,4,7,12H2,1H3/t17-/m0/s1. The van der Waals surface area contributed by atoms with Gasteiger partial charge in [-0.2, -0.15) is 0 Å². The zero-order chi connectivity index (χ0) is 16.4. The molecule has 0 aromatic heterocycles. The van der Waals surface area contributed by atoms with Crippen LogP contribution in [0.2, 0.25) is 0 Å². The molecule has 0 spiro atoms. The van der Waals surface area contributed by atoms with E-state index >= 15 is 0 Å². The van der Waals surface area contributed by atoms with Gasteiger partial charge in [0.25, 0.3) is 10.0 Å². The molecule has 0 aliphatic carbocycles. The summed E-state index contributed by atoms with van der Waals surface area (Å²) in [6.07, 6.45) is 2.52. The van der Waals surface area contributed by atoms with Crippen LogP contribution in [-0.4, -0.2) is 26.3 Å². The van der Waals surface area contributed by atoms with Gasteiger partial charge < -0.3 is 5.11 Å². The van der Waals surface area contributed by atoms with Crippen LogP contribution in [0.1, 0.15) is 24.5 Å². The molecule has 1 N–H and O–H groups in total. The van der Waals surface area contributed by atoms with E-state index in [1.807, 2.05) is 24.5 Å². The molecule has 23 heavy (non-hydrogen) atoms. The van der Waals surface area contributed by atoms with Gasteiger partial charge in [-0.05, 0) is 49.4 Å². The number of sulfonamides is 1. The second kappa shape index (κ2) is 6.55. The van der Waals surface area contributed by atoms with Gasteiger partial charge in [0.2, 0.25) is 0 Å². The van der Waals surface area contributed by atoms with E-state index in [4.69, 9.17) is 0 Å². The molecule has 2 aromatic carbocycles. The average Bonchev–Trinajstić information content (AvgIpc) is 2.75. The molecule has 3 rings (SSSR count). The number of hydrogen-bond donors (Lipinski definition) is 1. The first-order valence-electron chi connectivity index (χ1n) is 7.48. The Labute approximate surface area is 141 Å². The van der Waals surface area contributed by atoms with Crippen LogP contribution in [0, 0.1) is 0 Å². The summed E-state index contributed by atoms with van der Waals surface area (Å²) in [4.78, 5) is 1.30. The minimum absolute atomic E-state index is 0.279. The summed E-state index contributed by atoms with van der Waals surface area (Å²) in [6, 6.07) is 14.1. The van der Waals surface area contributed by atoms with Crippen molar-refractivity contribution in [1.29, 1.82) is 0 Å². The molecule has 0 bridgehead atoms. The molecule has 6 heteroatoms. The molecule has 1 aliphatic heterocycles. The van der Waals surface area contributed by atoms with Crippen molar-refractivity contribution < 1.29 is 13.5 Å². The molecule has 0 unspecified atom stereocenters. The number of benzene rings is 2. The van der Waals surface area contributed by atoms with Crippen LogP contribution in [0.15, 0.2) is 58.3 Å². The Morgan fingerprint density at radius 1 is 1.13 bits per heavy atom. The Bertz CT molecular complexity index is 788.